The van der Waals surface area contributed by atoms with Gasteiger partial charge in [-0.15, -0.1) is 6.42 Å². The minimum atomic E-state index is -0.811. The average molecular weight is 310 g/mol. The van der Waals surface area contributed by atoms with Crippen LogP contribution in [0.15, 0.2) is 28.7 Å². The van der Waals surface area contributed by atoms with Gasteiger partial charge < -0.3 is 4.74 Å². The Balaban J connectivity index is 2.87. The van der Waals surface area contributed by atoms with Crippen LogP contribution in [0.3, 0.4) is 0 Å². The third-order valence-electron chi connectivity index (χ3n) is 2.69. The molecule has 18 heavy (non-hydrogen) atoms. The molecule has 0 saturated carbocycles. The Labute approximate surface area is 116 Å². The number of hydrogen-bond acceptors (Lipinski definition) is 3. The number of rotatable bonds is 5. The lowest BCUT2D eigenvalue weighted by Crippen LogP contribution is -2.52. The van der Waals surface area contributed by atoms with Crippen LogP contribution in [0.2, 0.25) is 0 Å². The van der Waals surface area contributed by atoms with Gasteiger partial charge in [-0.05, 0) is 24.6 Å². The summed E-state index contributed by atoms with van der Waals surface area (Å²) < 4.78 is 5.83. The lowest BCUT2D eigenvalue weighted by molar-refractivity contribution is -0.147. The summed E-state index contributed by atoms with van der Waals surface area (Å²) in [5.74, 6) is 2.15. The number of ether oxygens (including phenoxy) is 1. The maximum Gasteiger partial charge on any atom is 0.326 e. The van der Waals surface area contributed by atoms with E-state index in [2.05, 4.69) is 27.2 Å². The quantitative estimate of drug-likeness (QED) is 0.669. The summed E-state index contributed by atoms with van der Waals surface area (Å²) in [7, 11) is 1.37. The Morgan fingerprint density at radius 1 is 1.50 bits per heavy atom. The van der Waals surface area contributed by atoms with E-state index in [9.17, 15) is 4.79 Å². The molecule has 0 aliphatic carbocycles. The number of carbonyl (C=O) groups excluding carboxylic acids is 1. The van der Waals surface area contributed by atoms with Crippen LogP contribution in [0, 0.1) is 12.3 Å². The van der Waals surface area contributed by atoms with Gasteiger partial charge in [0, 0.05) is 10.9 Å². The van der Waals surface area contributed by atoms with Crippen LogP contribution in [0.25, 0.3) is 0 Å². The van der Waals surface area contributed by atoms with Crippen molar-refractivity contribution in [2.24, 2.45) is 0 Å². The summed E-state index contributed by atoms with van der Waals surface area (Å²) in [5.41, 5.74) is 0.227. The van der Waals surface area contributed by atoms with Crippen molar-refractivity contribution in [1.29, 1.82) is 0 Å². The molecular formula is C14H16BrNO2. The molecule has 0 aliphatic heterocycles. The van der Waals surface area contributed by atoms with Crippen molar-refractivity contribution < 1.29 is 9.53 Å². The van der Waals surface area contributed by atoms with Gasteiger partial charge in [-0.2, -0.15) is 0 Å². The van der Waals surface area contributed by atoms with Crippen molar-refractivity contribution in [3.8, 4) is 12.3 Å². The molecule has 0 aromatic heterocycles. The highest BCUT2D eigenvalue weighted by Gasteiger charge is 2.33. The molecule has 3 nitrogen and oxygen atoms in total. The second kappa shape index (κ2) is 6.58. The van der Waals surface area contributed by atoms with E-state index in [1.54, 1.807) is 6.92 Å². The fourth-order valence-electron chi connectivity index (χ4n) is 1.69. The van der Waals surface area contributed by atoms with Crippen LogP contribution in [0.4, 0.5) is 0 Å². The second-order valence-electron chi connectivity index (χ2n) is 4.18. The van der Waals surface area contributed by atoms with Crippen molar-refractivity contribution >= 4 is 21.9 Å². The Kier molecular flexibility index (Phi) is 5.39. The highest BCUT2D eigenvalue weighted by Crippen LogP contribution is 2.17. The standard InChI is InChI=1S/C14H16BrNO2/c1-4-9-16-14(2,13(17)18-3)10-11-5-7-12(15)8-6-11/h1,5-8,16H,9-10H2,2-3H3. The predicted octanol–water partition coefficient (Wildman–Crippen LogP) is 2.15. The van der Waals surface area contributed by atoms with E-state index >= 15 is 0 Å². The van der Waals surface area contributed by atoms with Crippen molar-refractivity contribution in [3.05, 3.63) is 34.3 Å². The van der Waals surface area contributed by atoms with E-state index < -0.39 is 5.54 Å². The lowest BCUT2D eigenvalue weighted by atomic mass is 9.93. The minimum Gasteiger partial charge on any atom is -0.468 e. The number of esters is 1. The molecule has 0 fully saturated rings. The van der Waals surface area contributed by atoms with Gasteiger partial charge in [0.2, 0.25) is 0 Å². The number of hydrogen-bond donors (Lipinski definition) is 1. The van der Waals surface area contributed by atoms with E-state index in [0.29, 0.717) is 13.0 Å². The molecule has 1 N–H and O–H groups in total. The molecule has 0 heterocycles. The molecule has 96 valence electrons. The van der Waals surface area contributed by atoms with E-state index in [4.69, 9.17) is 11.2 Å². The first-order valence-corrected chi connectivity index (χ1v) is 6.32. The first-order chi connectivity index (χ1) is 8.51. The van der Waals surface area contributed by atoms with Crippen LogP contribution >= 0.6 is 15.9 Å². The summed E-state index contributed by atoms with van der Waals surface area (Å²) >= 11 is 3.38. The Hall–Kier alpha value is -1.31. The van der Waals surface area contributed by atoms with Crippen LogP contribution in [-0.4, -0.2) is 25.2 Å². The van der Waals surface area contributed by atoms with Gasteiger partial charge in [-0.25, -0.2) is 0 Å². The highest BCUT2D eigenvalue weighted by atomic mass is 79.9. The average Bonchev–Trinajstić information content (AvgIpc) is 2.38. The predicted molar refractivity (Wildman–Crippen MR) is 75.1 cm³/mol. The lowest BCUT2D eigenvalue weighted by Gasteiger charge is -2.27. The van der Waals surface area contributed by atoms with Gasteiger partial charge in [0.1, 0.15) is 5.54 Å². The third kappa shape index (κ3) is 3.86. The smallest absolute Gasteiger partial charge is 0.326 e. The molecule has 0 bridgehead atoms. The Bertz CT molecular complexity index is 450. The first-order valence-electron chi connectivity index (χ1n) is 5.53. The van der Waals surface area contributed by atoms with Crippen LogP contribution < -0.4 is 5.32 Å². The molecule has 1 atom stereocenters. The van der Waals surface area contributed by atoms with E-state index in [-0.39, 0.29) is 5.97 Å². The molecule has 0 saturated heterocycles. The van der Waals surface area contributed by atoms with E-state index in [0.717, 1.165) is 10.0 Å². The minimum absolute atomic E-state index is 0.319. The largest absolute Gasteiger partial charge is 0.468 e. The molecule has 1 unspecified atom stereocenters. The van der Waals surface area contributed by atoms with Crippen molar-refractivity contribution in [3.63, 3.8) is 0 Å². The molecule has 1 aromatic carbocycles. The summed E-state index contributed by atoms with van der Waals surface area (Å²) in [6, 6.07) is 7.80. The summed E-state index contributed by atoms with van der Waals surface area (Å²) in [6.45, 7) is 2.11. The monoisotopic (exact) mass is 309 g/mol. The molecule has 0 amide bonds. The summed E-state index contributed by atoms with van der Waals surface area (Å²) in [4.78, 5) is 11.8. The zero-order valence-electron chi connectivity index (χ0n) is 10.5. The maximum atomic E-state index is 11.8. The van der Waals surface area contributed by atoms with Gasteiger partial charge in [0.05, 0.1) is 13.7 Å². The number of halogens is 1. The molecule has 0 aliphatic rings. The molecule has 1 rings (SSSR count). The number of terminal acetylenes is 1. The topological polar surface area (TPSA) is 38.3 Å². The molecule has 1 aromatic rings. The van der Waals surface area contributed by atoms with Gasteiger partial charge in [0.25, 0.3) is 0 Å². The Morgan fingerprint density at radius 2 is 2.11 bits per heavy atom. The molecule has 4 heteroatoms. The zero-order chi connectivity index (χ0) is 13.6. The van der Waals surface area contributed by atoms with Gasteiger partial charge in [-0.3, -0.25) is 10.1 Å². The molecule has 0 spiro atoms. The summed E-state index contributed by atoms with van der Waals surface area (Å²) in [6.07, 6.45) is 5.74. The molecule has 0 radical (unpaired) electrons. The fourth-order valence-corrected chi connectivity index (χ4v) is 1.95. The van der Waals surface area contributed by atoms with E-state index in [1.807, 2.05) is 24.3 Å². The fraction of sp³-hybridized carbons (Fsp3) is 0.357. The Morgan fingerprint density at radius 3 is 2.61 bits per heavy atom. The van der Waals surface area contributed by atoms with E-state index in [1.165, 1.54) is 7.11 Å². The van der Waals surface area contributed by atoms with Gasteiger partial charge in [-0.1, -0.05) is 34.0 Å². The van der Waals surface area contributed by atoms with Crippen molar-refractivity contribution in [2.45, 2.75) is 18.9 Å². The van der Waals surface area contributed by atoms with Crippen LogP contribution in [0.5, 0.6) is 0 Å². The number of carbonyl (C=O) groups is 1. The number of nitrogens with one attached hydrogen (secondary N) is 1. The number of benzene rings is 1. The van der Waals surface area contributed by atoms with Crippen molar-refractivity contribution in [1.82, 2.24) is 5.32 Å². The van der Waals surface area contributed by atoms with Gasteiger partial charge >= 0.3 is 5.97 Å². The normalized spacial score (nSPS) is 13.4. The van der Waals surface area contributed by atoms with Crippen molar-refractivity contribution in [2.75, 3.05) is 13.7 Å². The zero-order valence-corrected chi connectivity index (χ0v) is 12.1. The second-order valence-corrected chi connectivity index (χ2v) is 5.10. The SMILES string of the molecule is C#CCNC(C)(Cc1ccc(Br)cc1)C(=O)OC. The van der Waals surface area contributed by atoms with Crippen LogP contribution in [0.1, 0.15) is 12.5 Å². The first kappa shape index (κ1) is 14.7. The maximum absolute atomic E-state index is 11.8. The molecular weight excluding hydrogens is 294 g/mol. The third-order valence-corrected chi connectivity index (χ3v) is 3.22. The highest BCUT2D eigenvalue weighted by molar-refractivity contribution is 9.10. The summed E-state index contributed by atoms with van der Waals surface area (Å²) in [5, 5.41) is 3.04. The van der Waals surface area contributed by atoms with Crippen LogP contribution in [-0.2, 0) is 16.0 Å². The van der Waals surface area contributed by atoms with Gasteiger partial charge in [0.15, 0.2) is 0 Å². The number of methoxy groups -OCH3 is 1.